The van der Waals surface area contributed by atoms with Gasteiger partial charge in [0.1, 0.15) is 5.15 Å². The Balaban J connectivity index is 2.14. The second-order valence-corrected chi connectivity index (χ2v) is 6.95. The average Bonchev–Trinajstić information content (AvgIpc) is 2.73. The Bertz CT molecular complexity index is 934. The van der Waals surface area contributed by atoms with Crippen molar-refractivity contribution in [3.05, 3.63) is 94.2 Å². The number of benzene rings is 2. The van der Waals surface area contributed by atoms with Crippen LogP contribution < -0.4 is 5.32 Å². The third-order valence-electron chi connectivity index (χ3n) is 4.37. The van der Waals surface area contributed by atoms with Crippen LogP contribution in [0.1, 0.15) is 17.2 Å². The Labute approximate surface area is 172 Å². The number of carbonyl (C=O) groups is 1. The number of hydrogen-bond donors (Lipinski definition) is 2. The first kappa shape index (κ1) is 20.1. The molecular weight excluding hydrogens is 399 g/mol. The molecule has 3 rings (SSSR count). The molecule has 2 atom stereocenters. The van der Waals surface area contributed by atoms with Crippen molar-refractivity contribution in [2.24, 2.45) is 0 Å². The fourth-order valence-corrected chi connectivity index (χ4v) is 3.18. The first-order valence-corrected chi connectivity index (χ1v) is 9.20. The van der Waals surface area contributed by atoms with Gasteiger partial charge in [0.25, 0.3) is 0 Å². The molecule has 0 aliphatic rings. The van der Waals surface area contributed by atoms with Gasteiger partial charge in [-0.15, -0.1) is 0 Å². The van der Waals surface area contributed by atoms with Gasteiger partial charge < -0.3 is 15.2 Å². The third-order valence-corrected chi connectivity index (χ3v) is 4.85. The highest BCUT2D eigenvalue weighted by atomic mass is 35.5. The zero-order valence-electron chi connectivity index (χ0n) is 15.0. The fourth-order valence-electron chi connectivity index (χ4n) is 2.95. The van der Waals surface area contributed by atoms with Gasteiger partial charge in [0, 0.05) is 22.5 Å². The van der Waals surface area contributed by atoms with Crippen molar-refractivity contribution >= 4 is 34.9 Å². The van der Waals surface area contributed by atoms with Crippen molar-refractivity contribution in [3.8, 4) is 0 Å². The highest BCUT2D eigenvalue weighted by Crippen LogP contribution is 2.39. The predicted octanol–water partition coefficient (Wildman–Crippen LogP) is 4.60. The highest BCUT2D eigenvalue weighted by Gasteiger charge is 2.48. The number of nitrogens with one attached hydrogen (secondary N) is 1. The number of anilines is 1. The quantitative estimate of drug-likeness (QED) is 0.453. The molecular formula is C21H18Cl2N2O3. The van der Waals surface area contributed by atoms with Gasteiger partial charge in [0.2, 0.25) is 5.60 Å². The van der Waals surface area contributed by atoms with Crippen LogP contribution in [0.2, 0.25) is 10.2 Å². The molecule has 0 aliphatic heterocycles. The molecule has 7 heteroatoms. The zero-order valence-corrected chi connectivity index (χ0v) is 16.5. The summed E-state index contributed by atoms with van der Waals surface area (Å²) in [5.41, 5.74) is -0.463. The van der Waals surface area contributed by atoms with Crippen molar-refractivity contribution in [2.75, 3.05) is 12.4 Å². The normalized spacial score (nSPS) is 14.0. The van der Waals surface area contributed by atoms with E-state index in [0.717, 1.165) is 0 Å². The smallest absolute Gasteiger partial charge is 0.345 e. The van der Waals surface area contributed by atoms with Crippen molar-refractivity contribution < 1.29 is 14.6 Å². The topological polar surface area (TPSA) is 71.5 Å². The Morgan fingerprint density at radius 3 is 2.32 bits per heavy atom. The summed E-state index contributed by atoms with van der Waals surface area (Å²) < 4.78 is 4.95. The third kappa shape index (κ3) is 4.12. The number of aromatic nitrogens is 1. The molecule has 0 saturated carbocycles. The lowest BCUT2D eigenvalue weighted by molar-refractivity contribution is -0.165. The predicted molar refractivity (Wildman–Crippen MR) is 109 cm³/mol. The number of ether oxygens (including phenoxy) is 1. The highest BCUT2D eigenvalue weighted by molar-refractivity contribution is 6.30. The van der Waals surface area contributed by atoms with E-state index in [1.807, 2.05) is 30.3 Å². The van der Waals surface area contributed by atoms with E-state index in [9.17, 15) is 9.90 Å². The maximum Gasteiger partial charge on any atom is 0.345 e. The lowest BCUT2D eigenvalue weighted by atomic mass is 9.83. The summed E-state index contributed by atoms with van der Waals surface area (Å²) in [6.07, 6.45) is 1.36. The molecule has 3 aromatic rings. The van der Waals surface area contributed by atoms with Crippen molar-refractivity contribution in [2.45, 2.75) is 11.6 Å². The maximum atomic E-state index is 12.8. The number of nitrogens with zero attached hydrogens (tertiary/aromatic N) is 1. The van der Waals surface area contributed by atoms with Crippen LogP contribution in [0.3, 0.4) is 0 Å². The van der Waals surface area contributed by atoms with E-state index in [2.05, 4.69) is 10.3 Å². The fraction of sp³-hybridized carbons (Fsp3) is 0.143. The molecule has 0 spiro atoms. The van der Waals surface area contributed by atoms with E-state index >= 15 is 0 Å². The van der Waals surface area contributed by atoms with Gasteiger partial charge in [-0.1, -0.05) is 59.6 Å². The number of halogens is 2. The van der Waals surface area contributed by atoms with Gasteiger partial charge in [-0.2, -0.15) is 0 Å². The number of rotatable bonds is 6. The van der Waals surface area contributed by atoms with Crippen LogP contribution in [-0.4, -0.2) is 23.2 Å². The lowest BCUT2D eigenvalue weighted by Gasteiger charge is -2.35. The van der Waals surface area contributed by atoms with Crippen LogP contribution in [0.5, 0.6) is 0 Å². The summed E-state index contributed by atoms with van der Waals surface area (Å²) in [5.74, 6) is -0.827. The Hall–Kier alpha value is -2.60. The number of esters is 1. The molecule has 0 saturated heterocycles. The van der Waals surface area contributed by atoms with Crippen LogP contribution >= 0.6 is 23.2 Å². The molecule has 144 valence electrons. The Morgan fingerprint density at radius 2 is 1.75 bits per heavy atom. The summed E-state index contributed by atoms with van der Waals surface area (Å²) in [5, 5.41) is 15.7. The van der Waals surface area contributed by atoms with Crippen molar-refractivity contribution in [1.82, 2.24) is 4.98 Å². The second-order valence-electron chi connectivity index (χ2n) is 6.12. The standard InChI is InChI=1S/C21H18Cl2N2O3/c1-28-20(26)21(27,15-7-12-18(23)24-13-15)19(14-5-3-2-4-6-14)25-17-10-8-16(22)9-11-17/h2-13,19,25,27H,1H3. The van der Waals surface area contributed by atoms with E-state index in [0.29, 0.717) is 16.3 Å². The van der Waals surface area contributed by atoms with E-state index in [4.69, 9.17) is 27.9 Å². The molecule has 1 heterocycles. The molecule has 1 aromatic heterocycles. The molecule has 2 unspecified atom stereocenters. The molecule has 2 aromatic carbocycles. The van der Waals surface area contributed by atoms with Crippen LogP contribution in [0.4, 0.5) is 5.69 Å². The summed E-state index contributed by atoms with van der Waals surface area (Å²) >= 11 is 11.8. The van der Waals surface area contributed by atoms with Gasteiger partial charge >= 0.3 is 5.97 Å². The number of pyridine rings is 1. The molecule has 0 aliphatic carbocycles. The SMILES string of the molecule is COC(=O)C(O)(c1ccc(Cl)nc1)C(Nc1ccc(Cl)cc1)c1ccccc1. The average molecular weight is 417 g/mol. The largest absolute Gasteiger partial charge is 0.467 e. The summed E-state index contributed by atoms with van der Waals surface area (Å²) in [7, 11) is 1.22. The Morgan fingerprint density at radius 1 is 1.07 bits per heavy atom. The zero-order chi connectivity index (χ0) is 20.1. The number of hydrogen-bond acceptors (Lipinski definition) is 5. The Kier molecular flexibility index (Phi) is 6.19. The van der Waals surface area contributed by atoms with Gasteiger partial charge in [-0.25, -0.2) is 9.78 Å². The molecule has 28 heavy (non-hydrogen) atoms. The molecule has 0 radical (unpaired) electrons. The van der Waals surface area contributed by atoms with Crippen LogP contribution in [0, 0.1) is 0 Å². The van der Waals surface area contributed by atoms with E-state index in [1.165, 1.54) is 19.4 Å². The summed E-state index contributed by atoms with van der Waals surface area (Å²) in [6.45, 7) is 0. The van der Waals surface area contributed by atoms with E-state index in [-0.39, 0.29) is 10.7 Å². The molecule has 0 bridgehead atoms. The first-order chi connectivity index (χ1) is 13.4. The van der Waals surface area contributed by atoms with E-state index < -0.39 is 17.6 Å². The van der Waals surface area contributed by atoms with Crippen LogP contribution in [-0.2, 0) is 15.1 Å². The minimum Gasteiger partial charge on any atom is -0.467 e. The van der Waals surface area contributed by atoms with Crippen molar-refractivity contribution in [1.29, 1.82) is 0 Å². The molecule has 0 amide bonds. The number of carbonyl (C=O) groups excluding carboxylic acids is 1. The van der Waals surface area contributed by atoms with E-state index in [1.54, 1.807) is 30.3 Å². The van der Waals surface area contributed by atoms with Crippen LogP contribution in [0.15, 0.2) is 72.9 Å². The lowest BCUT2D eigenvalue weighted by Crippen LogP contribution is -2.45. The second kappa shape index (κ2) is 8.61. The van der Waals surface area contributed by atoms with Gasteiger partial charge in [-0.3, -0.25) is 0 Å². The minimum absolute atomic E-state index is 0.248. The monoisotopic (exact) mass is 416 g/mol. The molecule has 0 fully saturated rings. The first-order valence-electron chi connectivity index (χ1n) is 8.45. The summed E-state index contributed by atoms with van der Waals surface area (Å²) in [6, 6.07) is 18.3. The number of aliphatic hydroxyl groups is 1. The molecule has 2 N–H and O–H groups in total. The number of methoxy groups -OCH3 is 1. The molecule has 5 nitrogen and oxygen atoms in total. The van der Waals surface area contributed by atoms with Crippen LogP contribution in [0.25, 0.3) is 0 Å². The van der Waals surface area contributed by atoms with Crippen molar-refractivity contribution in [3.63, 3.8) is 0 Å². The van der Waals surface area contributed by atoms with Gasteiger partial charge in [-0.05, 0) is 35.9 Å². The summed E-state index contributed by atoms with van der Waals surface area (Å²) in [4.78, 5) is 16.8. The van der Waals surface area contributed by atoms with Gasteiger partial charge in [0.05, 0.1) is 13.2 Å². The maximum absolute atomic E-state index is 12.8. The van der Waals surface area contributed by atoms with Gasteiger partial charge in [0.15, 0.2) is 0 Å². The minimum atomic E-state index is -2.06.